The van der Waals surface area contributed by atoms with Gasteiger partial charge >= 0.3 is 5.69 Å². The van der Waals surface area contributed by atoms with Crippen molar-refractivity contribution in [1.29, 1.82) is 0 Å². The number of H-pyrrole nitrogens is 3. The van der Waals surface area contributed by atoms with E-state index in [1.165, 1.54) is 11.8 Å². The summed E-state index contributed by atoms with van der Waals surface area (Å²) in [6.45, 7) is 0. The van der Waals surface area contributed by atoms with E-state index >= 15 is 0 Å². The van der Waals surface area contributed by atoms with E-state index in [4.69, 9.17) is 5.73 Å². The number of nitrogens with two attached hydrogens (primary N) is 1. The van der Waals surface area contributed by atoms with Gasteiger partial charge in [0.25, 0.3) is 11.5 Å². The first-order valence-electron chi connectivity index (χ1n) is 4.26. The standard InChI is InChI=1S/C8H8N4O3S/c1-16-7-2(4(9)13)3-5(10-7)11-8(15)12-6(3)14/h1H3,(H2,9,13)(H3,10,11,12,14,15). The molecule has 16 heavy (non-hydrogen) atoms. The molecule has 0 radical (unpaired) electrons. The third-order valence-electron chi connectivity index (χ3n) is 2.11. The molecule has 0 aliphatic carbocycles. The number of fused-ring (bicyclic) bond motifs is 1. The Balaban J connectivity index is 3.01. The van der Waals surface area contributed by atoms with E-state index < -0.39 is 17.2 Å². The number of hydrogen-bond acceptors (Lipinski definition) is 4. The van der Waals surface area contributed by atoms with E-state index in [2.05, 4.69) is 9.97 Å². The second-order valence-corrected chi connectivity index (χ2v) is 3.87. The number of nitrogens with one attached hydrogen (secondary N) is 3. The number of aromatic amines is 3. The Labute approximate surface area is 92.4 Å². The van der Waals surface area contributed by atoms with Gasteiger partial charge in [-0.3, -0.25) is 19.6 Å². The molecule has 5 N–H and O–H groups in total. The van der Waals surface area contributed by atoms with Crippen molar-refractivity contribution in [2.24, 2.45) is 5.73 Å². The summed E-state index contributed by atoms with van der Waals surface area (Å²) in [6, 6.07) is 0. The molecule has 0 aliphatic heterocycles. The van der Waals surface area contributed by atoms with Crippen molar-refractivity contribution in [3.05, 3.63) is 26.4 Å². The van der Waals surface area contributed by atoms with Crippen LogP contribution in [0.3, 0.4) is 0 Å². The van der Waals surface area contributed by atoms with Crippen molar-refractivity contribution in [1.82, 2.24) is 15.0 Å². The normalized spacial score (nSPS) is 10.8. The molecule has 7 nitrogen and oxygen atoms in total. The number of aromatic nitrogens is 3. The van der Waals surface area contributed by atoms with Crippen LogP contribution >= 0.6 is 11.8 Å². The van der Waals surface area contributed by atoms with Gasteiger partial charge in [-0.25, -0.2) is 4.79 Å². The Bertz CT molecular complexity index is 681. The second-order valence-electron chi connectivity index (χ2n) is 3.06. The minimum absolute atomic E-state index is 0.0800. The molecule has 0 aromatic carbocycles. The van der Waals surface area contributed by atoms with Crippen molar-refractivity contribution in [2.45, 2.75) is 5.03 Å². The molecular formula is C8H8N4O3S. The molecule has 2 aromatic rings. The number of carbonyl (C=O) groups excluding carboxylic acids is 1. The van der Waals surface area contributed by atoms with E-state index in [1.54, 1.807) is 6.26 Å². The van der Waals surface area contributed by atoms with Crippen molar-refractivity contribution in [2.75, 3.05) is 6.26 Å². The van der Waals surface area contributed by atoms with Gasteiger partial charge in [-0.1, -0.05) is 0 Å². The zero-order valence-corrected chi connectivity index (χ0v) is 9.03. The highest BCUT2D eigenvalue weighted by molar-refractivity contribution is 7.98. The molecule has 0 unspecified atom stereocenters. The molecule has 0 aliphatic rings. The van der Waals surface area contributed by atoms with E-state index in [-0.39, 0.29) is 16.6 Å². The van der Waals surface area contributed by atoms with Crippen LogP contribution in [0.15, 0.2) is 14.6 Å². The minimum atomic E-state index is -0.715. The fourth-order valence-electron chi connectivity index (χ4n) is 1.50. The van der Waals surface area contributed by atoms with Crippen LogP contribution in [-0.2, 0) is 0 Å². The van der Waals surface area contributed by atoms with Crippen molar-refractivity contribution in [3.63, 3.8) is 0 Å². The number of hydrogen-bond donors (Lipinski definition) is 4. The lowest BCUT2D eigenvalue weighted by Gasteiger charge is -1.94. The topological polar surface area (TPSA) is 125 Å². The SMILES string of the molecule is CSc1[nH]c2[nH]c(=O)[nH]c(=O)c2c1C(N)=O. The number of amides is 1. The van der Waals surface area contributed by atoms with Gasteiger partial charge in [0.2, 0.25) is 0 Å². The van der Waals surface area contributed by atoms with Gasteiger partial charge < -0.3 is 10.7 Å². The van der Waals surface area contributed by atoms with Crippen LogP contribution in [0, 0.1) is 0 Å². The molecule has 2 heterocycles. The monoisotopic (exact) mass is 240 g/mol. The van der Waals surface area contributed by atoms with Crippen LogP contribution in [0.1, 0.15) is 10.4 Å². The largest absolute Gasteiger partial charge is 0.365 e. The van der Waals surface area contributed by atoms with Crippen LogP contribution in [0.5, 0.6) is 0 Å². The summed E-state index contributed by atoms with van der Waals surface area (Å²) in [5, 5.41) is 0.534. The summed E-state index contributed by atoms with van der Waals surface area (Å²) in [6.07, 6.45) is 1.73. The maximum atomic E-state index is 11.5. The number of thioether (sulfide) groups is 1. The van der Waals surface area contributed by atoms with Gasteiger partial charge in [-0.15, -0.1) is 11.8 Å². The smallest absolute Gasteiger partial charge is 0.327 e. The lowest BCUT2D eigenvalue weighted by atomic mass is 10.2. The number of carbonyl (C=O) groups is 1. The summed E-state index contributed by atoms with van der Waals surface area (Å²) in [5.41, 5.74) is 4.22. The summed E-state index contributed by atoms with van der Waals surface area (Å²) in [7, 11) is 0. The van der Waals surface area contributed by atoms with Crippen LogP contribution in [-0.4, -0.2) is 27.1 Å². The maximum Gasteiger partial charge on any atom is 0.327 e. The minimum Gasteiger partial charge on any atom is -0.365 e. The summed E-state index contributed by atoms with van der Waals surface area (Å²) in [5.74, 6) is -0.715. The molecule has 1 amide bonds. The Morgan fingerprint density at radius 3 is 2.50 bits per heavy atom. The predicted molar refractivity (Wildman–Crippen MR) is 59.8 cm³/mol. The first kappa shape index (κ1) is 10.6. The quantitative estimate of drug-likeness (QED) is 0.521. The maximum absolute atomic E-state index is 11.5. The molecule has 8 heteroatoms. The first-order chi connectivity index (χ1) is 7.54. The Morgan fingerprint density at radius 1 is 1.25 bits per heavy atom. The van der Waals surface area contributed by atoms with Crippen LogP contribution in [0.25, 0.3) is 11.0 Å². The molecule has 0 spiro atoms. The Hall–Kier alpha value is -1.96. The third-order valence-corrected chi connectivity index (χ3v) is 2.82. The highest BCUT2D eigenvalue weighted by atomic mass is 32.2. The molecule has 0 atom stereocenters. The summed E-state index contributed by atoms with van der Waals surface area (Å²) < 4.78 is 0. The van der Waals surface area contributed by atoms with Gasteiger partial charge in [-0.05, 0) is 6.26 Å². The van der Waals surface area contributed by atoms with Gasteiger partial charge in [-0.2, -0.15) is 0 Å². The molecule has 0 fully saturated rings. The zero-order chi connectivity index (χ0) is 11.9. The van der Waals surface area contributed by atoms with Gasteiger partial charge in [0, 0.05) is 0 Å². The molecular weight excluding hydrogens is 232 g/mol. The van der Waals surface area contributed by atoms with E-state index in [0.29, 0.717) is 5.03 Å². The third kappa shape index (κ3) is 1.43. The Kier molecular flexibility index (Phi) is 2.35. The lowest BCUT2D eigenvalue weighted by molar-refractivity contribution is 0.0999. The fraction of sp³-hybridized carbons (Fsp3) is 0.125. The van der Waals surface area contributed by atoms with Crippen molar-refractivity contribution >= 4 is 28.7 Å². The molecule has 0 bridgehead atoms. The first-order valence-corrected chi connectivity index (χ1v) is 5.49. The number of primary amides is 1. The van der Waals surface area contributed by atoms with Gasteiger partial charge in [0.15, 0.2) is 0 Å². The van der Waals surface area contributed by atoms with E-state index in [9.17, 15) is 14.4 Å². The summed E-state index contributed by atoms with van der Waals surface area (Å²) >= 11 is 1.23. The highest BCUT2D eigenvalue weighted by Gasteiger charge is 2.19. The van der Waals surface area contributed by atoms with Crippen molar-refractivity contribution in [3.8, 4) is 0 Å². The molecule has 0 saturated carbocycles. The van der Waals surface area contributed by atoms with E-state index in [0.717, 1.165) is 0 Å². The fourth-order valence-corrected chi connectivity index (χ4v) is 2.11. The van der Waals surface area contributed by atoms with Gasteiger partial charge in [0.1, 0.15) is 5.65 Å². The average molecular weight is 240 g/mol. The van der Waals surface area contributed by atoms with E-state index in [1.807, 2.05) is 4.98 Å². The molecule has 0 saturated heterocycles. The average Bonchev–Trinajstić information content (AvgIpc) is 2.55. The molecule has 2 rings (SSSR count). The van der Waals surface area contributed by atoms with Crippen molar-refractivity contribution < 1.29 is 4.79 Å². The molecule has 2 aromatic heterocycles. The van der Waals surface area contributed by atoms with Crippen LogP contribution < -0.4 is 17.0 Å². The highest BCUT2D eigenvalue weighted by Crippen LogP contribution is 2.23. The predicted octanol–water partition coefficient (Wildman–Crippen LogP) is -0.635. The van der Waals surface area contributed by atoms with Gasteiger partial charge in [0.05, 0.1) is 16.0 Å². The zero-order valence-electron chi connectivity index (χ0n) is 8.21. The molecule has 84 valence electrons. The van der Waals surface area contributed by atoms with Crippen LogP contribution in [0.2, 0.25) is 0 Å². The number of rotatable bonds is 2. The second kappa shape index (κ2) is 3.56. The summed E-state index contributed by atoms with van der Waals surface area (Å²) in [4.78, 5) is 41.0. The van der Waals surface area contributed by atoms with Crippen LogP contribution in [0.4, 0.5) is 0 Å². The Morgan fingerprint density at radius 2 is 1.94 bits per heavy atom. The lowest BCUT2D eigenvalue weighted by Crippen LogP contribution is -2.23.